The maximum Gasteiger partial charge on any atom is 0.0471 e. The summed E-state index contributed by atoms with van der Waals surface area (Å²) in [7, 11) is 0. The van der Waals surface area contributed by atoms with Crippen LogP contribution in [-0.2, 0) is 4.74 Å². The van der Waals surface area contributed by atoms with Gasteiger partial charge in [0.2, 0.25) is 0 Å². The van der Waals surface area contributed by atoms with E-state index in [0.717, 1.165) is 25.7 Å². The van der Waals surface area contributed by atoms with E-state index in [0.29, 0.717) is 5.41 Å². The van der Waals surface area contributed by atoms with E-state index in [1.54, 1.807) is 0 Å². The van der Waals surface area contributed by atoms with Crippen molar-refractivity contribution < 1.29 is 4.74 Å². The van der Waals surface area contributed by atoms with Gasteiger partial charge < -0.3 is 10.1 Å². The van der Waals surface area contributed by atoms with Gasteiger partial charge in [-0.25, -0.2) is 0 Å². The molecule has 0 aliphatic carbocycles. The first-order valence-corrected chi connectivity index (χ1v) is 6.72. The third-order valence-electron chi connectivity index (χ3n) is 4.12. The van der Waals surface area contributed by atoms with Gasteiger partial charge >= 0.3 is 0 Å². The molecule has 2 heteroatoms. The minimum Gasteiger partial charge on any atom is -0.381 e. The van der Waals surface area contributed by atoms with Crippen molar-refractivity contribution in [1.29, 1.82) is 0 Å². The minimum atomic E-state index is 0.221. The Hall–Kier alpha value is -0.0800. The summed E-state index contributed by atoms with van der Waals surface area (Å²) in [5.74, 6) is 0.784. The number of nitrogens with one attached hydrogen (secondary N) is 1. The van der Waals surface area contributed by atoms with Gasteiger partial charge in [0, 0.05) is 25.3 Å². The Morgan fingerprint density at radius 3 is 2.25 bits per heavy atom. The zero-order valence-corrected chi connectivity index (χ0v) is 11.7. The third-order valence-corrected chi connectivity index (χ3v) is 4.12. The molecule has 0 aromatic rings. The van der Waals surface area contributed by atoms with E-state index in [2.05, 4.69) is 39.9 Å². The van der Waals surface area contributed by atoms with Crippen molar-refractivity contribution in [3.63, 3.8) is 0 Å². The van der Waals surface area contributed by atoms with E-state index in [9.17, 15) is 0 Å². The summed E-state index contributed by atoms with van der Waals surface area (Å²) < 4.78 is 5.52. The maximum absolute atomic E-state index is 5.52. The molecule has 1 aliphatic rings. The molecule has 0 spiro atoms. The molecule has 1 heterocycles. The molecule has 1 aliphatic heterocycles. The van der Waals surface area contributed by atoms with Crippen molar-refractivity contribution >= 4 is 0 Å². The minimum absolute atomic E-state index is 0.221. The molecule has 1 fully saturated rings. The summed E-state index contributed by atoms with van der Waals surface area (Å²) in [5.41, 5.74) is 0.680. The van der Waals surface area contributed by atoms with Gasteiger partial charge in [-0.1, -0.05) is 20.3 Å². The molecule has 1 unspecified atom stereocenters. The number of rotatable bonds is 4. The monoisotopic (exact) mass is 227 g/mol. The summed E-state index contributed by atoms with van der Waals surface area (Å²) in [6.07, 6.45) is 3.70. The molecule has 2 nitrogen and oxygen atoms in total. The van der Waals surface area contributed by atoms with Gasteiger partial charge in [-0.3, -0.25) is 0 Å². The van der Waals surface area contributed by atoms with Crippen molar-refractivity contribution in [3.05, 3.63) is 0 Å². The number of ether oxygens (including phenoxy) is 1. The fourth-order valence-corrected chi connectivity index (χ4v) is 2.50. The highest BCUT2D eigenvalue weighted by Gasteiger charge is 2.37. The molecule has 0 bridgehead atoms. The average molecular weight is 227 g/mol. The van der Waals surface area contributed by atoms with Crippen molar-refractivity contribution in [1.82, 2.24) is 5.32 Å². The van der Waals surface area contributed by atoms with E-state index in [4.69, 9.17) is 4.74 Å². The van der Waals surface area contributed by atoms with Gasteiger partial charge in [-0.2, -0.15) is 0 Å². The molecular formula is C14H29NO. The third kappa shape index (κ3) is 3.74. The van der Waals surface area contributed by atoms with E-state index >= 15 is 0 Å². The SMILES string of the molecule is CCC(C)C1(CNC(C)(C)C)CCOCC1. The van der Waals surface area contributed by atoms with Crippen LogP contribution < -0.4 is 5.32 Å². The zero-order valence-electron chi connectivity index (χ0n) is 11.7. The van der Waals surface area contributed by atoms with Crippen LogP contribution in [0.25, 0.3) is 0 Å². The molecule has 1 rings (SSSR count). The summed E-state index contributed by atoms with van der Waals surface area (Å²) in [5, 5.41) is 3.69. The van der Waals surface area contributed by atoms with E-state index in [1.807, 2.05) is 0 Å². The summed E-state index contributed by atoms with van der Waals surface area (Å²) in [6, 6.07) is 0. The molecule has 0 aromatic heterocycles. The predicted molar refractivity (Wildman–Crippen MR) is 69.7 cm³/mol. The van der Waals surface area contributed by atoms with Gasteiger partial charge in [-0.05, 0) is 44.9 Å². The Kier molecular flexibility index (Phi) is 4.81. The molecule has 1 saturated heterocycles. The zero-order chi connectivity index (χ0) is 12.2. The van der Waals surface area contributed by atoms with Crippen molar-refractivity contribution in [2.24, 2.45) is 11.3 Å². The Bertz CT molecular complexity index is 201. The van der Waals surface area contributed by atoms with E-state index < -0.39 is 0 Å². The predicted octanol–water partition coefficient (Wildman–Crippen LogP) is 3.22. The van der Waals surface area contributed by atoms with Crippen molar-refractivity contribution in [3.8, 4) is 0 Å². The molecule has 0 radical (unpaired) electrons. The lowest BCUT2D eigenvalue weighted by Crippen LogP contribution is -2.48. The molecule has 16 heavy (non-hydrogen) atoms. The number of hydrogen-bond donors (Lipinski definition) is 1. The highest BCUT2D eigenvalue weighted by molar-refractivity contribution is 4.90. The van der Waals surface area contributed by atoms with Gasteiger partial charge in [0.15, 0.2) is 0 Å². The molecule has 0 amide bonds. The second-order valence-electron chi connectivity index (χ2n) is 6.39. The Morgan fingerprint density at radius 1 is 1.25 bits per heavy atom. The normalized spacial score (nSPS) is 23.1. The second kappa shape index (κ2) is 5.50. The van der Waals surface area contributed by atoms with Crippen LogP contribution in [0, 0.1) is 11.3 Å². The molecule has 0 saturated carbocycles. The van der Waals surface area contributed by atoms with Crippen LogP contribution in [0.2, 0.25) is 0 Å². The first-order valence-electron chi connectivity index (χ1n) is 6.72. The smallest absolute Gasteiger partial charge is 0.0471 e. The Morgan fingerprint density at radius 2 is 1.81 bits per heavy atom. The van der Waals surface area contributed by atoms with Gasteiger partial charge in [0.25, 0.3) is 0 Å². The maximum atomic E-state index is 5.52. The molecular weight excluding hydrogens is 198 g/mol. The first-order chi connectivity index (χ1) is 7.40. The summed E-state index contributed by atoms with van der Waals surface area (Å²) in [4.78, 5) is 0. The quantitative estimate of drug-likeness (QED) is 0.796. The fourth-order valence-electron chi connectivity index (χ4n) is 2.50. The topological polar surface area (TPSA) is 21.3 Å². The van der Waals surface area contributed by atoms with Crippen LogP contribution in [0.4, 0.5) is 0 Å². The van der Waals surface area contributed by atoms with Crippen LogP contribution in [0.15, 0.2) is 0 Å². The van der Waals surface area contributed by atoms with Crippen molar-refractivity contribution in [2.75, 3.05) is 19.8 Å². The van der Waals surface area contributed by atoms with E-state index in [1.165, 1.54) is 19.3 Å². The largest absolute Gasteiger partial charge is 0.381 e. The standard InChI is InChI=1S/C14H29NO/c1-6-12(2)14(7-9-16-10-8-14)11-15-13(3,4)5/h12,15H,6-11H2,1-5H3. The Labute approximate surface area is 101 Å². The van der Waals surface area contributed by atoms with Crippen LogP contribution in [0.3, 0.4) is 0 Å². The molecule has 1 atom stereocenters. The molecule has 96 valence electrons. The van der Waals surface area contributed by atoms with Crippen LogP contribution in [0.1, 0.15) is 53.9 Å². The Balaban J connectivity index is 2.63. The van der Waals surface area contributed by atoms with E-state index in [-0.39, 0.29) is 5.54 Å². The average Bonchev–Trinajstić information content (AvgIpc) is 2.25. The van der Waals surface area contributed by atoms with Crippen LogP contribution in [-0.4, -0.2) is 25.3 Å². The molecule has 1 N–H and O–H groups in total. The number of hydrogen-bond acceptors (Lipinski definition) is 2. The van der Waals surface area contributed by atoms with Gasteiger partial charge in [0.05, 0.1) is 0 Å². The molecule has 0 aromatic carbocycles. The van der Waals surface area contributed by atoms with Crippen LogP contribution in [0.5, 0.6) is 0 Å². The second-order valence-corrected chi connectivity index (χ2v) is 6.39. The first kappa shape index (κ1) is 14.0. The van der Waals surface area contributed by atoms with Gasteiger partial charge in [0.1, 0.15) is 0 Å². The van der Waals surface area contributed by atoms with Gasteiger partial charge in [-0.15, -0.1) is 0 Å². The lowest BCUT2D eigenvalue weighted by atomic mass is 9.69. The summed E-state index contributed by atoms with van der Waals surface area (Å²) in [6.45, 7) is 14.5. The lowest BCUT2D eigenvalue weighted by Gasteiger charge is -2.43. The highest BCUT2D eigenvalue weighted by Crippen LogP contribution is 2.39. The fraction of sp³-hybridized carbons (Fsp3) is 1.00. The van der Waals surface area contributed by atoms with Crippen LogP contribution >= 0.6 is 0 Å². The summed E-state index contributed by atoms with van der Waals surface area (Å²) >= 11 is 0. The lowest BCUT2D eigenvalue weighted by molar-refractivity contribution is -0.0177. The van der Waals surface area contributed by atoms with Crippen molar-refractivity contribution in [2.45, 2.75) is 59.4 Å². The highest BCUT2D eigenvalue weighted by atomic mass is 16.5.